The molecule has 0 bridgehead atoms. The van der Waals surface area contributed by atoms with Crippen LogP contribution in [-0.4, -0.2) is 48.0 Å². The molecule has 2 saturated heterocycles. The monoisotopic (exact) mass is 310 g/mol. The minimum Gasteiger partial charge on any atom is -0.400 e. The van der Waals surface area contributed by atoms with E-state index in [1.54, 1.807) is 0 Å². The molecule has 1 aliphatic carbocycles. The van der Waals surface area contributed by atoms with Gasteiger partial charge in [0.05, 0.1) is 30.0 Å². The van der Waals surface area contributed by atoms with Crippen molar-refractivity contribution in [2.45, 2.75) is 76.0 Å². The molecule has 0 radical (unpaired) electrons. The third kappa shape index (κ3) is 2.99. The summed E-state index contributed by atoms with van der Waals surface area (Å²) in [6.45, 7) is 9.40. The van der Waals surface area contributed by atoms with E-state index in [2.05, 4.69) is 0 Å². The number of hydrogen-bond donors (Lipinski definition) is 1. The summed E-state index contributed by atoms with van der Waals surface area (Å²) in [5, 5.41) is 10.7. The molecule has 3 fully saturated rings. The first-order chi connectivity index (χ1) is 10.2. The fourth-order valence-corrected chi connectivity index (χ4v) is 3.24. The van der Waals surface area contributed by atoms with Gasteiger partial charge in [0.15, 0.2) is 5.79 Å². The summed E-state index contributed by atoms with van der Waals surface area (Å²) < 4.78 is 23.2. The molecule has 124 valence electrons. The van der Waals surface area contributed by atoms with Crippen molar-refractivity contribution in [3.05, 3.63) is 12.1 Å². The SMILES string of the molecule is CC1(C)OB(/C=C/C2(O)CCC3(CC2)OCCO3)OC1(C)C. The maximum Gasteiger partial charge on any atom is 0.486 e. The zero-order valence-corrected chi connectivity index (χ0v) is 14.1. The van der Waals surface area contributed by atoms with Crippen LogP contribution in [0.15, 0.2) is 12.1 Å². The topological polar surface area (TPSA) is 57.2 Å². The van der Waals surface area contributed by atoms with Crippen LogP contribution in [0, 0.1) is 0 Å². The second-order valence-electron chi connectivity index (χ2n) is 7.70. The molecule has 3 rings (SSSR count). The van der Waals surface area contributed by atoms with Crippen molar-refractivity contribution in [3.63, 3.8) is 0 Å². The normalized spacial score (nSPS) is 32.1. The van der Waals surface area contributed by atoms with Gasteiger partial charge in [-0.3, -0.25) is 0 Å². The third-order valence-electron chi connectivity index (χ3n) is 5.53. The Morgan fingerprint density at radius 1 is 0.864 bits per heavy atom. The van der Waals surface area contributed by atoms with E-state index in [0.29, 0.717) is 26.1 Å². The lowest BCUT2D eigenvalue weighted by Gasteiger charge is -2.39. The maximum atomic E-state index is 10.7. The van der Waals surface area contributed by atoms with Crippen LogP contribution < -0.4 is 0 Å². The fourth-order valence-electron chi connectivity index (χ4n) is 3.24. The standard InChI is InChI=1S/C16H27BO5/c1-13(2)14(3,4)22-17(21-13)10-9-15(18)5-7-16(8-6-15)19-11-12-20-16/h9-10,18H,5-8,11-12H2,1-4H3/b10-9+. The van der Waals surface area contributed by atoms with Crippen LogP contribution in [0.3, 0.4) is 0 Å². The first-order valence-corrected chi connectivity index (χ1v) is 8.21. The van der Waals surface area contributed by atoms with E-state index >= 15 is 0 Å². The molecular formula is C16H27BO5. The third-order valence-corrected chi connectivity index (χ3v) is 5.53. The van der Waals surface area contributed by atoms with Crippen molar-refractivity contribution in [2.24, 2.45) is 0 Å². The van der Waals surface area contributed by atoms with Crippen LogP contribution in [0.1, 0.15) is 53.4 Å². The highest BCUT2D eigenvalue weighted by Crippen LogP contribution is 2.41. The van der Waals surface area contributed by atoms with Crippen LogP contribution in [0.2, 0.25) is 0 Å². The van der Waals surface area contributed by atoms with Crippen molar-refractivity contribution >= 4 is 7.12 Å². The number of rotatable bonds is 2. The average molecular weight is 310 g/mol. The first-order valence-electron chi connectivity index (χ1n) is 8.21. The van der Waals surface area contributed by atoms with Crippen LogP contribution >= 0.6 is 0 Å². The maximum absolute atomic E-state index is 10.7. The second-order valence-corrected chi connectivity index (χ2v) is 7.70. The van der Waals surface area contributed by atoms with Crippen LogP contribution in [0.4, 0.5) is 0 Å². The zero-order valence-electron chi connectivity index (χ0n) is 14.1. The molecule has 2 heterocycles. The van der Waals surface area contributed by atoms with E-state index in [1.807, 2.05) is 39.7 Å². The van der Waals surface area contributed by atoms with Crippen molar-refractivity contribution in [3.8, 4) is 0 Å². The Morgan fingerprint density at radius 3 is 1.86 bits per heavy atom. The van der Waals surface area contributed by atoms with Gasteiger partial charge in [-0.2, -0.15) is 0 Å². The molecule has 1 saturated carbocycles. The van der Waals surface area contributed by atoms with Gasteiger partial charge < -0.3 is 23.9 Å². The molecule has 22 heavy (non-hydrogen) atoms. The lowest BCUT2D eigenvalue weighted by Crippen LogP contribution is -2.42. The van der Waals surface area contributed by atoms with Crippen LogP contribution in [0.5, 0.6) is 0 Å². The molecule has 1 N–H and O–H groups in total. The number of aliphatic hydroxyl groups is 1. The highest BCUT2D eigenvalue weighted by atomic mass is 16.7. The molecule has 0 unspecified atom stereocenters. The van der Waals surface area contributed by atoms with E-state index in [1.165, 1.54) is 0 Å². The highest BCUT2D eigenvalue weighted by molar-refractivity contribution is 6.51. The first kappa shape index (κ1) is 16.5. The predicted octanol–water partition coefficient (Wildman–Crippen LogP) is 2.22. The quantitative estimate of drug-likeness (QED) is 0.793. The Balaban J connectivity index is 1.59. The Morgan fingerprint density at radius 2 is 1.36 bits per heavy atom. The molecule has 2 aliphatic heterocycles. The molecule has 1 spiro atoms. The minimum atomic E-state index is -0.829. The fraction of sp³-hybridized carbons (Fsp3) is 0.875. The van der Waals surface area contributed by atoms with Crippen molar-refractivity contribution in [1.82, 2.24) is 0 Å². The Bertz CT molecular complexity index is 427. The summed E-state index contributed by atoms with van der Waals surface area (Å²) in [6.07, 6.45) is 4.53. The minimum absolute atomic E-state index is 0.354. The Kier molecular flexibility index (Phi) is 3.98. The average Bonchev–Trinajstić information content (AvgIpc) is 2.96. The van der Waals surface area contributed by atoms with Gasteiger partial charge in [0.2, 0.25) is 0 Å². The van der Waals surface area contributed by atoms with Gasteiger partial charge in [0.1, 0.15) is 0 Å². The van der Waals surface area contributed by atoms with Gasteiger partial charge in [-0.15, -0.1) is 0 Å². The Hall–Kier alpha value is -0.395. The molecule has 0 amide bonds. The van der Waals surface area contributed by atoms with Crippen LogP contribution in [0.25, 0.3) is 0 Å². The number of hydrogen-bond acceptors (Lipinski definition) is 5. The van der Waals surface area contributed by atoms with E-state index < -0.39 is 18.5 Å². The zero-order chi connectivity index (χ0) is 16.1. The van der Waals surface area contributed by atoms with Gasteiger partial charge >= 0.3 is 7.12 Å². The number of ether oxygens (including phenoxy) is 2. The molecule has 0 aromatic heterocycles. The van der Waals surface area contributed by atoms with E-state index in [9.17, 15) is 5.11 Å². The van der Waals surface area contributed by atoms with E-state index in [4.69, 9.17) is 18.8 Å². The van der Waals surface area contributed by atoms with Gasteiger partial charge in [0, 0.05) is 12.8 Å². The summed E-state index contributed by atoms with van der Waals surface area (Å²) in [5.41, 5.74) is -1.54. The molecule has 3 aliphatic rings. The Labute approximate surface area is 133 Å². The summed E-state index contributed by atoms with van der Waals surface area (Å²) in [4.78, 5) is 0. The lowest BCUT2D eigenvalue weighted by molar-refractivity contribution is -0.196. The molecule has 0 atom stereocenters. The van der Waals surface area contributed by atoms with Crippen LogP contribution in [-0.2, 0) is 18.8 Å². The largest absolute Gasteiger partial charge is 0.486 e. The second kappa shape index (κ2) is 5.31. The van der Waals surface area contributed by atoms with E-state index in [-0.39, 0.29) is 11.2 Å². The van der Waals surface area contributed by atoms with E-state index in [0.717, 1.165) is 12.8 Å². The molecule has 0 aromatic rings. The smallest absolute Gasteiger partial charge is 0.400 e. The summed E-state index contributed by atoms with van der Waals surface area (Å²) in [7, 11) is -0.413. The van der Waals surface area contributed by atoms with Gasteiger partial charge in [0.25, 0.3) is 0 Å². The molecular weight excluding hydrogens is 283 g/mol. The van der Waals surface area contributed by atoms with Gasteiger partial charge in [-0.05, 0) is 40.5 Å². The molecule has 6 heteroatoms. The van der Waals surface area contributed by atoms with Gasteiger partial charge in [-0.25, -0.2) is 0 Å². The molecule has 5 nitrogen and oxygen atoms in total. The predicted molar refractivity (Wildman–Crippen MR) is 83.3 cm³/mol. The van der Waals surface area contributed by atoms with Gasteiger partial charge in [-0.1, -0.05) is 12.1 Å². The lowest BCUT2D eigenvalue weighted by atomic mass is 9.78. The van der Waals surface area contributed by atoms with Crippen molar-refractivity contribution in [1.29, 1.82) is 0 Å². The van der Waals surface area contributed by atoms with Crippen molar-refractivity contribution < 1.29 is 23.9 Å². The summed E-state index contributed by atoms with van der Waals surface area (Å²) in [6, 6.07) is 0. The summed E-state index contributed by atoms with van der Waals surface area (Å²) >= 11 is 0. The molecule has 0 aromatic carbocycles. The highest BCUT2D eigenvalue weighted by Gasteiger charge is 2.50. The van der Waals surface area contributed by atoms with Crippen molar-refractivity contribution in [2.75, 3.05) is 13.2 Å². The summed E-state index contributed by atoms with van der Waals surface area (Å²) in [5.74, 6) is 1.38.